The fourth-order valence-corrected chi connectivity index (χ4v) is 3.73. The van der Waals surface area contributed by atoms with E-state index in [9.17, 15) is 4.79 Å². The van der Waals surface area contributed by atoms with Gasteiger partial charge >= 0.3 is 0 Å². The van der Waals surface area contributed by atoms with E-state index in [4.69, 9.17) is 9.47 Å². The lowest BCUT2D eigenvalue weighted by Crippen LogP contribution is -2.23. The standard InChI is InChI=1S/C23H23NO3S/c1-26-21-11-7-6-8-18(21)15-24-23(25)17-12-13-22(27-2)19(14-17)16-28-20-9-4-3-5-10-20/h3-14H,15-16H2,1-2H3,(H,24,25). The maximum atomic E-state index is 12.6. The third-order valence-electron chi connectivity index (χ3n) is 4.31. The topological polar surface area (TPSA) is 47.6 Å². The summed E-state index contributed by atoms with van der Waals surface area (Å²) in [4.78, 5) is 13.8. The predicted molar refractivity (Wildman–Crippen MR) is 113 cm³/mol. The van der Waals surface area contributed by atoms with Crippen molar-refractivity contribution in [1.29, 1.82) is 0 Å². The van der Waals surface area contributed by atoms with Gasteiger partial charge in [0.05, 0.1) is 14.2 Å². The number of amides is 1. The molecule has 0 spiro atoms. The highest BCUT2D eigenvalue weighted by atomic mass is 32.2. The van der Waals surface area contributed by atoms with Crippen molar-refractivity contribution >= 4 is 17.7 Å². The molecule has 0 aliphatic rings. The first kappa shape index (κ1) is 19.8. The van der Waals surface area contributed by atoms with E-state index in [0.717, 1.165) is 28.4 Å². The molecular formula is C23H23NO3S. The van der Waals surface area contributed by atoms with Gasteiger partial charge in [-0.2, -0.15) is 0 Å². The molecule has 4 nitrogen and oxygen atoms in total. The molecule has 0 heterocycles. The van der Waals surface area contributed by atoms with Crippen LogP contribution in [0.4, 0.5) is 0 Å². The molecule has 0 saturated heterocycles. The molecule has 0 atom stereocenters. The molecule has 0 aliphatic carbocycles. The SMILES string of the molecule is COc1ccccc1CNC(=O)c1ccc(OC)c(CSc2ccccc2)c1. The maximum Gasteiger partial charge on any atom is 0.251 e. The van der Waals surface area contributed by atoms with Crippen molar-refractivity contribution in [3.8, 4) is 11.5 Å². The van der Waals surface area contributed by atoms with Crippen LogP contribution in [-0.2, 0) is 12.3 Å². The summed E-state index contributed by atoms with van der Waals surface area (Å²) >= 11 is 1.71. The maximum absolute atomic E-state index is 12.6. The molecule has 3 rings (SSSR count). The van der Waals surface area contributed by atoms with Gasteiger partial charge < -0.3 is 14.8 Å². The molecule has 5 heteroatoms. The summed E-state index contributed by atoms with van der Waals surface area (Å²) in [5, 5.41) is 2.96. The zero-order valence-electron chi connectivity index (χ0n) is 16.0. The van der Waals surface area contributed by atoms with Crippen molar-refractivity contribution in [3.63, 3.8) is 0 Å². The Labute approximate surface area is 169 Å². The van der Waals surface area contributed by atoms with Gasteiger partial charge in [0.15, 0.2) is 0 Å². The first-order valence-corrected chi connectivity index (χ1v) is 9.94. The molecular weight excluding hydrogens is 370 g/mol. The molecule has 0 bridgehead atoms. The van der Waals surface area contributed by atoms with E-state index in [1.807, 2.05) is 54.6 Å². The minimum absolute atomic E-state index is 0.125. The van der Waals surface area contributed by atoms with E-state index >= 15 is 0 Å². The van der Waals surface area contributed by atoms with E-state index in [-0.39, 0.29) is 5.91 Å². The Morgan fingerprint density at radius 1 is 0.857 bits per heavy atom. The van der Waals surface area contributed by atoms with Crippen molar-refractivity contribution in [2.24, 2.45) is 0 Å². The number of ether oxygens (including phenoxy) is 2. The highest BCUT2D eigenvalue weighted by Crippen LogP contribution is 2.28. The number of hydrogen-bond acceptors (Lipinski definition) is 4. The van der Waals surface area contributed by atoms with Crippen LogP contribution in [-0.4, -0.2) is 20.1 Å². The van der Waals surface area contributed by atoms with E-state index in [2.05, 4.69) is 17.4 Å². The zero-order chi connectivity index (χ0) is 19.8. The van der Waals surface area contributed by atoms with Gasteiger partial charge in [-0.25, -0.2) is 0 Å². The molecule has 0 saturated carbocycles. The quantitative estimate of drug-likeness (QED) is 0.552. The normalized spacial score (nSPS) is 10.4. The molecule has 1 amide bonds. The Morgan fingerprint density at radius 3 is 2.29 bits per heavy atom. The number of carbonyl (C=O) groups is 1. The van der Waals surface area contributed by atoms with E-state index in [1.54, 1.807) is 32.0 Å². The first-order valence-electron chi connectivity index (χ1n) is 8.96. The fraction of sp³-hybridized carbons (Fsp3) is 0.174. The average molecular weight is 394 g/mol. The number of hydrogen-bond donors (Lipinski definition) is 1. The van der Waals surface area contributed by atoms with Gasteiger partial charge in [0.2, 0.25) is 0 Å². The molecule has 28 heavy (non-hydrogen) atoms. The van der Waals surface area contributed by atoms with Gasteiger partial charge in [-0.1, -0.05) is 36.4 Å². The van der Waals surface area contributed by atoms with Gasteiger partial charge in [0, 0.05) is 33.9 Å². The minimum atomic E-state index is -0.125. The van der Waals surface area contributed by atoms with E-state index < -0.39 is 0 Å². The van der Waals surface area contributed by atoms with Crippen molar-refractivity contribution in [1.82, 2.24) is 5.32 Å². The van der Waals surface area contributed by atoms with Crippen molar-refractivity contribution in [2.45, 2.75) is 17.2 Å². The lowest BCUT2D eigenvalue weighted by molar-refractivity contribution is 0.0950. The smallest absolute Gasteiger partial charge is 0.251 e. The summed E-state index contributed by atoms with van der Waals surface area (Å²) in [5.74, 6) is 2.14. The predicted octanol–water partition coefficient (Wildman–Crippen LogP) is 4.93. The summed E-state index contributed by atoms with van der Waals surface area (Å²) in [6.45, 7) is 0.406. The van der Waals surface area contributed by atoms with Crippen LogP contribution in [0.5, 0.6) is 11.5 Å². The number of carbonyl (C=O) groups excluding carboxylic acids is 1. The Morgan fingerprint density at radius 2 is 1.54 bits per heavy atom. The van der Waals surface area contributed by atoms with Gasteiger partial charge in [0.25, 0.3) is 5.91 Å². The largest absolute Gasteiger partial charge is 0.496 e. The lowest BCUT2D eigenvalue weighted by Gasteiger charge is -2.12. The van der Waals surface area contributed by atoms with Crippen LogP contribution >= 0.6 is 11.8 Å². The molecule has 144 valence electrons. The highest BCUT2D eigenvalue weighted by molar-refractivity contribution is 7.98. The van der Waals surface area contributed by atoms with E-state index in [1.165, 1.54) is 4.90 Å². The van der Waals surface area contributed by atoms with Gasteiger partial charge in [-0.3, -0.25) is 4.79 Å². The Hall–Kier alpha value is -2.92. The van der Waals surface area contributed by atoms with Gasteiger partial charge in [-0.15, -0.1) is 11.8 Å². The summed E-state index contributed by atoms with van der Waals surface area (Å²) in [7, 11) is 3.27. The summed E-state index contributed by atoms with van der Waals surface area (Å²) < 4.78 is 10.8. The molecule has 3 aromatic carbocycles. The average Bonchev–Trinajstić information content (AvgIpc) is 2.76. The molecule has 0 radical (unpaired) electrons. The van der Waals surface area contributed by atoms with Crippen molar-refractivity contribution < 1.29 is 14.3 Å². The summed E-state index contributed by atoms with van der Waals surface area (Å²) in [6, 6.07) is 23.4. The summed E-state index contributed by atoms with van der Waals surface area (Å²) in [5.41, 5.74) is 2.53. The zero-order valence-corrected chi connectivity index (χ0v) is 16.8. The Balaban J connectivity index is 1.70. The number of methoxy groups -OCH3 is 2. The Bertz CT molecular complexity index is 928. The van der Waals surface area contributed by atoms with Crippen LogP contribution in [0, 0.1) is 0 Å². The number of nitrogens with one attached hydrogen (secondary N) is 1. The van der Waals surface area contributed by atoms with Crippen molar-refractivity contribution in [3.05, 3.63) is 89.5 Å². The van der Waals surface area contributed by atoms with Crippen LogP contribution in [0.3, 0.4) is 0 Å². The van der Waals surface area contributed by atoms with Crippen LogP contribution in [0.15, 0.2) is 77.7 Å². The molecule has 3 aromatic rings. The first-order chi connectivity index (χ1) is 13.7. The van der Waals surface area contributed by atoms with Crippen LogP contribution < -0.4 is 14.8 Å². The molecule has 0 fully saturated rings. The van der Waals surface area contributed by atoms with Crippen molar-refractivity contribution in [2.75, 3.05) is 14.2 Å². The molecule has 0 aromatic heterocycles. The van der Waals surface area contributed by atoms with Crippen LogP contribution in [0.25, 0.3) is 0 Å². The van der Waals surface area contributed by atoms with Crippen LogP contribution in [0.1, 0.15) is 21.5 Å². The molecule has 0 aliphatic heterocycles. The summed E-state index contributed by atoms with van der Waals surface area (Å²) in [6.07, 6.45) is 0. The third-order valence-corrected chi connectivity index (χ3v) is 5.37. The second-order valence-electron chi connectivity index (χ2n) is 6.12. The highest BCUT2D eigenvalue weighted by Gasteiger charge is 2.12. The van der Waals surface area contributed by atoms with Crippen LogP contribution in [0.2, 0.25) is 0 Å². The fourth-order valence-electron chi connectivity index (χ4n) is 2.84. The van der Waals surface area contributed by atoms with Gasteiger partial charge in [0.1, 0.15) is 11.5 Å². The third kappa shape index (κ3) is 5.08. The van der Waals surface area contributed by atoms with E-state index in [0.29, 0.717) is 12.1 Å². The lowest BCUT2D eigenvalue weighted by atomic mass is 10.1. The molecule has 0 unspecified atom stereocenters. The minimum Gasteiger partial charge on any atom is -0.496 e. The Kier molecular flexibility index (Phi) is 6.98. The number of benzene rings is 3. The van der Waals surface area contributed by atoms with Gasteiger partial charge in [-0.05, 0) is 36.4 Å². The second kappa shape index (κ2) is 9.85. The monoisotopic (exact) mass is 393 g/mol. The molecule has 1 N–H and O–H groups in total. The number of rotatable bonds is 8. The second-order valence-corrected chi connectivity index (χ2v) is 7.17. The number of thioether (sulfide) groups is 1. The number of para-hydroxylation sites is 1.